The molecule has 4 heteroatoms. The van der Waals surface area contributed by atoms with Crippen LogP contribution < -0.4 is 10.5 Å². The Morgan fingerprint density at radius 1 is 1.25 bits per heavy atom. The monoisotopic (exact) mass is 270 g/mol. The van der Waals surface area contributed by atoms with E-state index in [1.165, 1.54) is 18.2 Å². The molecular formula is C16H15FN2O. The minimum atomic E-state index is -0.379. The lowest BCUT2D eigenvalue weighted by Crippen LogP contribution is -2.04. The highest BCUT2D eigenvalue weighted by molar-refractivity contribution is 5.34. The summed E-state index contributed by atoms with van der Waals surface area (Å²) >= 11 is 0. The Kier molecular flexibility index (Phi) is 4.34. The standard InChI is InChI=1S/C16H15FN2O/c1-11(19)13-3-5-15(6-4-13)20-10-14-8-12(9-18)2-7-16(14)17/h2-8,11H,10,19H2,1H3. The van der Waals surface area contributed by atoms with Gasteiger partial charge in [0, 0.05) is 11.6 Å². The summed E-state index contributed by atoms with van der Waals surface area (Å²) in [5, 5.41) is 8.80. The second kappa shape index (κ2) is 6.18. The minimum absolute atomic E-state index is 0.0335. The molecule has 2 N–H and O–H groups in total. The minimum Gasteiger partial charge on any atom is -0.489 e. The van der Waals surface area contributed by atoms with Gasteiger partial charge in [-0.2, -0.15) is 5.26 Å². The molecule has 0 spiro atoms. The third kappa shape index (κ3) is 3.34. The van der Waals surface area contributed by atoms with Crippen LogP contribution in [0.1, 0.15) is 29.7 Å². The molecule has 2 rings (SSSR count). The summed E-state index contributed by atoms with van der Waals surface area (Å²) in [7, 11) is 0. The van der Waals surface area contributed by atoms with E-state index in [1.807, 2.05) is 25.1 Å². The molecule has 0 aliphatic rings. The first-order chi connectivity index (χ1) is 9.60. The summed E-state index contributed by atoms with van der Waals surface area (Å²) in [6, 6.07) is 13.5. The molecule has 0 heterocycles. The van der Waals surface area contributed by atoms with Gasteiger partial charge in [-0.05, 0) is 42.8 Å². The first-order valence-electron chi connectivity index (χ1n) is 6.27. The lowest BCUT2D eigenvalue weighted by Gasteiger charge is -2.09. The Labute approximate surface area is 117 Å². The van der Waals surface area contributed by atoms with Crippen molar-refractivity contribution in [2.45, 2.75) is 19.6 Å². The molecule has 0 aliphatic heterocycles. The number of halogens is 1. The van der Waals surface area contributed by atoms with E-state index in [1.54, 1.807) is 12.1 Å². The second-order valence-corrected chi connectivity index (χ2v) is 4.56. The fraction of sp³-hybridized carbons (Fsp3) is 0.188. The molecule has 20 heavy (non-hydrogen) atoms. The molecule has 3 nitrogen and oxygen atoms in total. The van der Waals surface area contributed by atoms with Crippen molar-refractivity contribution < 1.29 is 9.13 Å². The quantitative estimate of drug-likeness (QED) is 0.927. The van der Waals surface area contributed by atoms with E-state index in [-0.39, 0.29) is 18.5 Å². The maximum Gasteiger partial charge on any atom is 0.129 e. The highest BCUT2D eigenvalue weighted by atomic mass is 19.1. The van der Waals surface area contributed by atoms with E-state index in [4.69, 9.17) is 15.7 Å². The van der Waals surface area contributed by atoms with Gasteiger partial charge in [-0.15, -0.1) is 0 Å². The number of nitrogens with two attached hydrogens (primary N) is 1. The van der Waals surface area contributed by atoms with Crippen molar-refractivity contribution in [2.24, 2.45) is 5.73 Å². The third-order valence-electron chi connectivity index (χ3n) is 2.98. The van der Waals surface area contributed by atoms with Crippen LogP contribution in [-0.2, 0) is 6.61 Å². The number of hydrogen-bond acceptors (Lipinski definition) is 3. The molecular weight excluding hydrogens is 255 g/mol. The van der Waals surface area contributed by atoms with Gasteiger partial charge in [-0.25, -0.2) is 4.39 Å². The fourth-order valence-corrected chi connectivity index (χ4v) is 1.78. The Balaban J connectivity index is 2.07. The largest absolute Gasteiger partial charge is 0.489 e. The van der Waals surface area contributed by atoms with Gasteiger partial charge in [0.15, 0.2) is 0 Å². The second-order valence-electron chi connectivity index (χ2n) is 4.56. The molecule has 0 saturated heterocycles. The molecule has 2 aromatic rings. The van der Waals surface area contributed by atoms with Crippen LogP contribution in [0.4, 0.5) is 4.39 Å². The van der Waals surface area contributed by atoms with Crippen LogP contribution in [-0.4, -0.2) is 0 Å². The van der Waals surface area contributed by atoms with Gasteiger partial charge in [0.05, 0.1) is 11.6 Å². The van der Waals surface area contributed by atoms with E-state index in [0.717, 1.165) is 5.56 Å². The van der Waals surface area contributed by atoms with Gasteiger partial charge >= 0.3 is 0 Å². The normalized spacial score (nSPS) is 11.7. The van der Waals surface area contributed by atoms with Crippen LogP contribution in [0.25, 0.3) is 0 Å². The Bertz CT molecular complexity index is 630. The molecule has 102 valence electrons. The predicted molar refractivity (Wildman–Crippen MR) is 74.5 cm³/mol. The van der Waals surface area contributed by atoms with Gasteiger partial charge in [0.25, 0.3) is 0 Å². The molecule has 0 fully saturated rings. The van der Waals surface area contributed by atoms with E-state index in [9.17, 15) is 4.39 Å². The van der Waals surface area contributed by atoms with Crippen LogP contribution in [0, 0.1) is 17.1 Å². The van der Waals surface area contributed by atoms with E-state index in [0.29, 0.717) is 16.9 Å². The fourth-order valence-electron chi connectivity index (χ4n) is 1.78. The smallest absolute Gasteiger partial charge is 0.129 e. The lowest BCUT2D eigenvalue weighted by atomic mass is 10.1. The molecule has 0 amide bonds. The number of benzene rings is 2. The number of nitriles is 1. The Morgan fingerprint density at radius 3 is 2.55 bits per heavy atom. The Hall–Kier alpha value is -2.38. The van der Waals surface area contributed by atoms with Crippen LogP contribution in [0.3, 0.4) is 0 Å². The maximum atomic E-state index is 13.6. The average molecular weight is 270 g/mol. The summed E-state index contributed by atoms with van der Waals surface area (Å²) in [4.78, 5) is 0. The molecule has 0 bridgehead atoms. The molecule has 0 aliphatic carbocycles. The summed E-state index contributed by atoms with van der Waals surface area (Å²) in [5.41, 5.74) is 7.54. The van der Waals surface area contributed by atoms with Crippen molar-refractivity contribution in [3.8, 4) is 11.8 Å². The van der Waals surface area contributed by atoms with Crippen molar-refractivity contribution in [1.82, 2.24) is 0 Å². The SMILES string of the molecule is CC(N)c1ccc(OCc2cc(C#N)ccc2F)cc1. The van der Waals surface area contributed by atoms with Gasteiger partial charge in [0.1, 0.15) is 18.2 Å². The van der Waals surface area contributed by atoms with Crippen molar-refractivity contribution in [1.29, 1.82) is 5.26 Å². The molecule has 0 aromatic heterocycles. The zero-order valence-corrected chi connectivity index (χ0v) is 11.1. The topological polar surface area (TPSA) is 59.0 Å². The molecule has 0 saturated carbocycles. The van der Waals surface area contributed by atoms with Crippen LogP contribution in [0.2, 0.25) is 0 Å². The third-order valence-corrected chi connectivity index (χ3v) is 2.98. The summed E-state index contributed by atoms with van der Waals surface area (Å²) < 4.78 is 19.1. The summed E-state index contributed by atoms with van der Waals surface area (Å²) in [6.45, 7) is 1.98. The van der Waals surface area contributed by atoms with Gasteiger partial charge in [0.2, 0.25) is 0 Å². The van der Waals surface area contributed by atoms with Gasteiger partial charge in [-0.1, -0.05) is 12.1 Å². The van der Waals surface area contributed by atoms with Crippen LogP contribution in [0.15, 0.2) is 42.5 Å². The zero-order valence-electron chi connectivity index (χ0n) is 11.1. The molecule has 0 radical (unpaired) electrons. The maximum absolute atomic E-state index is 13.6. The van der Waals surface area contributed by atoms with E-state index in [2.05, 4.69) is 0 Å². The van der Waals surface area contributed by atoms with E-state index < -0.39 is 0 Å². The average Bonchev–Trinajstić information content (AvgIpc) is 2.47. The molecule has 2 aromatic carbocycles. The number of hydrogen-bond donors (Lipinski definition) is 1. The lowest BCUT2D eigenvalue weighted by molar-refractivity contribution is 0.299. The van der Waals surface area contributed by atoms with Crippen molar-refractivity contribution in [3.05, 3.63) is 65.0 Å². The summed E-state index contributed by atoms with van der Waals surface area (Å²) in [5.74, 6) is 0.257. The highest BCUT2D eigenvalue weighted by Gasteiger charge is 2.05. The van der Waals surface area contributed by atoms with Gasteiger partial charge in [-0.3, -0.25) is 0 Å². The predicted octanol–water partition coefficient (Wildman–Crippen LogP) is 3.30. The Morgan fingerprint density at radius 2 is 1.95 bits per heavy atom. The zero-order chi connectivity index (χ0) is 14.5. The molecule has 1 atom stereocenters. The first-order valence-corrected chi connectivity index (χ1v) is 6.27. The van der Waals surface area contributed by atoms with Crippen LogP contribution >= 0.6 is 0 Å². The van der Waals surface area contributed by atoms with Crippen molar-refractivity contribution >= 4 is 0 Å². The van der Waals surface area contributed by atoms with E-state index >= 15 is 0 Å². The van der Waals surface area contributed by atoms with Gasteiger partial charge < -0.3 is 10.5 Å². The number of ether oxygens (including phenoxy) is 1. The first kappa shape index (κ1) is 14.0. The van der Waals surface area contributed by atoms with Crippen molar-refractivity contribution in [3.63, 3.8) is 0 Å². The van der Waals surface area contributed by atoms with Crippen molar-refractivity contribution in [2.75, 3.05) is 0 Å². The molecule has 1 unspecified atom stereocenters. The number of rotatable bonds is 4. The summed E-state index contributed by atoms with van der Waals surface area (Å²) in [6.07, 6.45) is 0. The van der Waals surface area contributed by atoms with Crippen LogP contribution in [0.5, 0.6) is 5.75 Å². The number of nitrogens with zero attached hydrogens (tertiary/aromatic N) is 1. The highest BCUT2D eigenvalue weighted by Crippen LogP contribution is 2.18.